The molecule has 0 bridgehead atoms. The van der Waals surface area contributed by atoms with Gasteiger partial charge in [-0.3, -0.25) is 4.68 Å². The number of halogens is 1. The summed E-state index contributed by atoms with van der Waals surface area (Å²) in [6, 6.07) is 12.1. The molecule has 1 amide bonds. The molecule has 3 aromatic heterocycles. The van der Waals surface area contributed by atoms with Crippen LogP contribution in [0.1, 0.15) is 65.5 Å². The van der Waals surface area contributed by atoms with Crippen LogP contribution < -0.4 is 5.73 Å². The summed E-state index contributed by atoms with van der Waals surface area (Å²) in [5.41, 5.74) is 9.45. The molecule has 5 heterocycles. The van der Waals surface area contributed by atoms with Gasteiger partial charge in [0.2, 0.25) is 5.28 Å². The number of anilines is 1. The van der Waals surface area contributed by atoms with Crippen molar-refractivity contribution in [3.05, 3.63) is 59.6 Å². The lowest BCUT2D eigenvalue weighted by molar-refractivity contribution is -0.163. The lowest BCUT2D eigenvalue weighted by atomic mass is 9.82. The van der Waals surface area contributed by atoms with Crippen LogP contribution in [0.4, 0.5) is 10.6 Å². The Kier molecular flexibility index (Phi) is 7.76. The zero-order valence-corrected chi connectivity index (χ0v) is 27.8. The van der Waals surface area contributed by atoms with Crippen LogP contribution in [0.15, 0.2) is 48.8 Å². The van der Waals surface area contributed by atoms with E-state index in [2.05, 4.69) is 27.9 Å². The average molecular weight is 648 g/mol. The minimum atomic E-state index is -0.725. The predicted molar refractivity (Wildman–Crippen MR) is 175 cm³/mol. The Morgan fingerprint density at radius 3 is 2.52 bits per heavy atom. The SMILES string of the molecule is CC(C)(C)OC(=O)N1CCC([C@H]2C[C@@H](n3cc(-c4ccn(Cc5ccccc5)n4)c4c(N)nc(Cl)nc43)[C@@H]3OC(C)(C)O[C@@H]32)CC1. The van der Waals surface area contributed by atoms with Crippen LogP contribution in [0.3, 0.4) is 0 Å². The smallest absolute Gasteiger partial charge is 0.410 e. The molecule has 0 unspecified atom stereocenters. The van der Waals surface area contributed by atoms with Gasteiger partial charge in [0, 0.05) is 31.0 Å². The Hall–Kier alpha value is -3.67. The lowest BCUT2D eigenvalue weighted by Gasteiger charge is -2.37. The molecular weight excluding hydrogens is 606 g/mol. The molecule has 2 N–H and O–H groups in total. The van der Waals surface area contributed by atoms with Crippen molar-refractivity contribution in [2.24, 2.45) is 11.8 Å². The first-order valence-corrected chi connectivity index (χ1v) is 16.5. The molecular formula is C34H42ClN7O4. The van der Waals surface area contributed by atoms with Gasteiger partial charge in [0.05, 0.1) is 29.8 Å². The summed E-state index contributed by atoms with van der Waals surface area (Å²) in [4.78, 5) is 23.6. The van der Waals surface area contributed by atoms with Gasteiger partial charge in [0.25, 0.3) is 0 Å². The summed E-state index contributed by atoms with van der Waals surface area (Å²) in [6.07, 6.45) is 6.08. The van der Waals surface area contributed by atoms with Crippen molar-refractivity contribution in [3.63, 3.8) is 0 Å². The van der Waals surface area contributed by atoms with Crippen molar-refractivity contribution in [1.82, 2.24) is 29.2 Å². The van der Waals surface area contributed by atoms with Gasteiger partial charge in [-0.1, -0.05) is 30.3 Å². The molecule has 7 rings (SSSR count). The van der Waals surface area contributed by atoms with Gasteiger partial charge in [-0.15, -0.1) is 0 Å². The van der Waals surface area contributed by atoms with Gasteiger partial charge in [-0.25, -0.2) is 9.78 Å². The minimum Gasteiger partial charge on any atom is -0.444 e. The predicted octanol–water partition coefficient (Wildman–Crippen LogP) is 6.31. The number of amides is 1. The van der Waals surface area contributed by atoms with Crippen LogP contribution >= 0.6 is 11.6 Å². The van der Waals surface area contributed by atoms with Crippen molar-refractivity contribution in [3.8, 4) is 11.3 Å². The summed E-state index contributed by atoms with van der Waals surface area (Å²) in [6.45, 7) is 11.6. The van der Waals surface area contributed by atoms with Crippen molar-refractivity contribution < 1.29 is 19.0 Å². The van der Waals surface area contributed by atoms with Crippen molar-refractivity contribution in [1.29, 1.82) is 0 Å². The van der Waals surface area contributed by atoms with E-state index in [4.69, 9.17) is 41.6 Å². The zero-order chi connectivity index (χ0) is 32.4. The van der Waals surface area contributed by atoms with Crippen LogP contribution in [0.5, 0.6) is 0 Å². The fraction of sp³-hybridized carbons (Fsp3) is 0.529. The molecule has 4 aromatic rings. The monoisotopic (exact) mass is 647 g/mol. The molecule has 3 fully saturated rings. The third kappa shape index (κ3) is 5.96. The number of nitrogens with zero attached hydrogens (tertiary/aromatic N) is 6. The highest BCUT2D eigenvalue weighted by Gasteiger charge is 2.56. The van der Waals surface area contributed by atoms with E-state index in [9.17, 15) is 4.79 Å². The van der Waals surface area contributed by atoms with E-state index >= 15 is 0 Å². The Morgan fingerprint density at radius 1 is 1.09 bits per heavy atom. The number of nitrogens with two attached hydrogens (primary N) is 1. The zero-order valence-electron chi connectivity index (χ0n) is 27.0. The van der Waals surface area contributed by atoms with Crippen LogP contribution in [-0.4, -0.2) is 72.0 Å². The molecule has 3 aliphatic rings. The molecule has 244 valence electrons. The van der Waals surface area contributed by atoms with E-state index in [1.54, 1.807) is 0 Å². The first-order valence-electron chi connectivity index (χ1n) is 16.1. The van der Waals surface area contributed by atoms with Gasteiger partial charge >= 0.3 is 6.09 Å². The van der Waals surface area contributed by atoms with Crippen LogP contribution in [0, 0.1) is 11.8 Å². The lowest BCUT2D eigenvalue weighted by Crippen LogP contribution is -2.44. The second kappa shape index (κ2) is 11.5. The van der Waals surface area contributed by atoms with Gasteiger partial charge in [0.15, 0.2) is 5.79 Å². The highest BCUT2D eigenvalue weighted by Crippen LogP contribution is 2.52. The number of piperidine rings is 1. The highest BCUT2D eigenvalue weighted by molar-refractivity contribution is 6.29. The van der Waals surface area contributed by atoms with Crippen molar-refractivity contribution >= 4 is 34.5 Å². The maximum absolute atomic E-state index is 12.8. The van der Waals surface area contributed by atoms with E-state index in [1.807, 2.05) is 74.7 Å². The summed E-state index contributed by atoms with van der Waals surface area (Å²) >= 11 is 6.40. The van der Waals surface area contributed by atoms with E-state index in [0.717, 1.165) is 41.5 Å². The number of hydrogen-bond donors (Lipinski definition) is 1. The van der Waals surface area contributed by atoms with Gasteiger partial charge in [-0.2, -0.15) is 10.1 Å². The van der Waals surface area contributed by atoms with Crippen LogP contribution in [-0.2, 0) is 20.8 Å². The summed E-state index contributed by atoms with van der Waals surface area (Å²) < 4.78 is 22.9. The van der Waals surface area contributed by atoms with Gasteiger partial charge < -0.3 is 29.4 Å². The van der Waals surface area contributed by atoms with Crippen molar-refractivity contribution in [2.45, 2.75) is 90.1 Å². The number of carbonyl (C=O) groups excluding carboxylic acids is 1. The number of hydrogen-bond acceptors (Lipinski definition) is 8. The van der Waals surface area contributed by atoms with E-state index in [0.29, 0.717) is 37.0 Å². The molecule has 12 heteroatoms. The first-order chi connectivity index (χ1) is 21.8. The molecule has 11 nitrogen and oxygen atoms in total. The van der Waals surface area contributed by atoms with Crippen molar-refractivity contribution in [2.75, 3.05) is 18.8 Å². The first kappa shape index (κ1) is 31.0. The quantitative estimate of drug-likeness (QED) is 0.250. The highest BCUT2D eigenvalue weighted by atomic mass is 35.5. The number of nitrogen functional groups attached to an aromatic ring is 1. The largest absolute Gasteiger partial charge is 0.444 e. The molecule has 1 aromatic carbocycles. The fourth-order valence-electron chi connectivity index (χ4n) is 7.52. The maximum atomic E-state index is 12.8. The van der Waals surface area contributed by atoms with Gasteiger partial charge in [-0.05, 0) is 88.9 Å². The minimum absolute atomic E-state index is 0.0753. The summed E-state index contributed by atoms with van der Waals surface area (Å²) in [7, 11) is 0. The van der Waals surface area contributed by atoms with Crippen LogP contribution in [0.25, 0.3) is 22.3 Å². The number of carbonyl (C=O) groups is 1. The molecule has 1 aliphatic carbocycles. The number of rotatable bonds is 5. The fourth-order valence-corrected chi connectivity index (χ4v) is 7.69. The molecule has 2 saturated heterocycles. The standard InChI is InChI=1S/C34H42ClN7O4/c1-33(2,3)46-32(43)40-14-11-21(12-15-40)22-17-25(28-27(22)44-34(4,5)45-28)42-19-23(26-29(36)37-31(35)38-30(26)42)24-13-16-41(39-24)18-20-9-7-6-8-10-20/h6-10,13,16,19,21-22,25,27-28H,11-12,14-15,17-18H2,1-5H3,(H2,36,37,38)/t22-,25-,27-,28+/m1/s1. The molecule has 2 aliphatic heterocycles. The third-order valence-corrected chi connectivity index (χ3v) is 9.58. The molecule has 1 saturated carbocycles. The average Bonchev–Trinajstić information content (AvgIpc) is 3.74. The Labute approximate surface area is 274 Å². The Morgan fingerprint density at radius 2 is 1.80 bits per heavy atom. The van der Waals surface area contributed by atoms with Gasteiger partial charge in [0.1, 0.15) is 23.2 Å². The Balaban J connectivity index is 1.19. The number of likely N-dealkylation sites (tertiary alicyclic amines) is 1. The topological polar surface area (TPSA) is 123 Å². The number of benzene rings is 1. The molecule has 0 spiro atoms. The molecule has 4 atom stereocenters. The normalized spacial score (nSPS) is 24.9. The number of aromatic nitrogens is 5. The third-order valence-electron chi connectivity index (χ3n) is 9.41. The number of ether oxygens (including phenoxy) is 3. The summed E-state index contributed by atoms with van der Waals surface area (Å²) in [5.74, 6) is 0.188. The van der Waals surface area contributed by atoms with E-state index < -0.39 is 11.4 Å². The second-order valence-corrected chi connectivity index (χ2v) is 14.6. The van der Waals surface area contributed by atoms with E-state index in [1.165, 1.54) is 0 Å². The molecule has 46 heavy (non-hydrogen) atoms. The molecule has 0 radical (unpaired) electrons. The maximum Gasteiger partial charge on any atom is 0.410 e. The second-order valence-electron chi connectivity index (χ2n) is 14.2. The Bertz CT molecular complexity index is 1740. The van der Waals surface area contributed by atoms with Crippen LogP contribution in [0.2, 0.25) is 5.28 Å². The summed E-state index contributed by atoms with van der Waals surface area (Å²) in [5, 5.41) is 5.72. The van der Waals surface area contributed by atoms with E-state index in [-0.39, 0.29) is 35.5 Å². The number of fused-ring (bicyclic) bond motifs is 2.